The van der Waals surface area contributed by atoms with E-state index in [1.165, 1.54) is 13.2 Å². The first-order chi connectivity index (χ1) is 16.9. The molecule has 1 N–H and O–H groups in total. The number of anilines is 1. The number of nitrogens with one attached hydrogen (secondary N) is 1. The molecule has 1 aromatic heterocycles. The van der Waals surface area contributed by atoms with Crippen molar-refractivity contribution in [2.75, 3.05) is 19.0 Å². The molecule has 0 unspecified atom stereocenters. The fourth-order valence-corrected chi connectivity index (χ4v) is 4.28. The van der Waals surface area contributed by atoms with E-state index in [9.17, 15) is 14.9 Å². The molecule has 0 aliphatic rings. The van der Waals surface area contributed by atoms with Gasteiger partial charge < -0.3 is 19.5 Å². The van der Waals surface area contributed by atoms with Gasteiger partial charge in [-0.3, -0.25) is 4.79 Å². The quantitative estimate of drug-likeness (QED) is 0.280. The van der Waals surface area contributed by atoms with Gasteiger partial charge in [0, 0.05) is 11.1 Å². The minimum atomic E-state index is -0.520. The molecule has 0 fully saturated rings. The second kappa shape index (κ2) is 12.1. The predicted octanol–water partition coefficient (Wildman–Crippen LogP) is 6.00. The summed E-state index contributed by atoms with van der Waals surface area (Å²) in [5, 5.41) is 13.1. The van der Waals surface area contributed by atoms with Gasteiger partial charge in [-0.2, -0.15) is 5.26 Å². The van der Waals surface area contributed by atoms with E-state index in [0.717, 1.165) is 16.9 Å². The molecule has 1 amide bonds. The lowest BCUT2D eigenvalue weighted by Crippen LogP contribution is -2.07. The monoisotopic (exact) mass is 510 g/mol. The van der Waals surface area contributed by atoms with Gasteiger partial charge >= 0.3 is 5.97 Å². The number of methoxy groups -OCH3 is 1. The Labute approximate surface area is 212 Å². The maximum atomic E-state index is 12.5. The number of esters is 1. The van der Waals surface area contributed by atoms with E-state index in [-0.39, 0.29) is 12.2 Å². The molecule has 1 heterocycles. The van der Waals surface area contributed by atoms with Crippen LogP contribution in [0.15, 0.2) is 48.5 Å². The zero-order chi connectivity index (χ0) is 25.4. The number of carbonyl (C=O) groups is 2. The normalized spacial score (nSPS) is 10.6. The summed E-state index contributed by atoms with van der Waals surface area (Å²) in [6, 6.07) is 14.7. The van der Waals surface area contributed by atoms with E-state index >= 15 is 0 Å². The number of hydrogen-bond donors (Lipinski definition) is 1. The maximum absolute atomic E-state index is 12.5. The summed E-state index contributed by atoms with van der Waals surface area (Å²) in [6.45, 7) is 3.92. The van der Waals surface area contributed by atoms with Crippen LogP contribution in [0.4, 0.5) is 5.00 Å². The van der Waals surface area contributed by atoms with Crippen molar-refractivity contribution in [2.45, 2.75) is 20.5 Å². The third kappa shape index (κ3) is 6.63. The Kier molecular flexibility index (Phi) is 8.90. The molecule has 3 aromatic rings. The van der Waals surface area contributed by atoms with Gasteiger partial charge in [0.2, 0.25) is 5.91 Å². The number of nitrogens with zero attached hydrogens (tertiary/aromatic N) is 1. The standard InChI is InChI=1S/C26H23ClN2O5S/c1-4-33-26(31)24-16(2)20(14-28)25(35-24)29-23(30)12-8-17-7-11-21(22(13-17)32-3)34-15-18-5-9-19(27)10-6-18/h5-13H,4,15H2,1-3H3,(H,29,30). The third-order valence-electron chi connectivity index (χ3n) is 4.88. The van der Waals surface area contributed by atoms with Crippen molar-refractivity contribution < 1.29 is 23.8 Å². The number of halogens is 1. The van der Waals surface area contributed by atoms with Gasteiger partial charge in [-0.1, -0.05) is 29.8 Å². The lowest BCUT2D eigenvalue weighted by molar-refractivity contribution is -0.111. The van der Waals surface area contributed by atoms with Gasteiger partial charge in [-0.15, -0.1) is 11.3 Å². The van der Waals surface area contributed by atoms with Crippen LogP contribution >= 0.6 is 22.9 Å². The van der Waals surface area contributed by atoms with Gasteiger partial charge in [0.25, 0.3) is 0 Å². The molecule has 2 aromatic carbocycles. The molecule has 9 heteroatoms. The highest BCUT2D eigenvalue weighted by atomic mass is 35.5. The molecular weight excluding hydrogens is 488 g/mol. The summed E-state index contributed by atoms with van der Waals surface area (Å²) < 4.78 is 16.3. The Morgan fingerprint density at radius 2 is 1.91 bits per heavy atom. The molecule has 0 aliphatic heterocycles. The van der Waals surface area contributed by atoms with Crippen LogP contribution in [0.25, 0.3) is 6.08 Å². The highest BCUT2D eigenvalue weighted by Crippen LogP contribution is 2.33. The molecule has 7 nitrogen and oxygen atoms in total. The van der Waals surface area contributed by atoms with Crippen molar-refractivity contribution in [3.05, 3.63) is 80.7 Å². The zero-order valence-electron chi connectivity index (χ0n) is 19.4. The van der Waals surface area contributed by atoms with E-state index < -0.39 is 11.9 Å². The zero-order valence-corrected chi connectivity index (χ0v) is 21.0. The number of rotatable bonds is 9. The largest absolute Gasteiger partial charge is 0.493 e. The van der Waals surface area contributed by atoms with Crippen molar-refractivity contribution in [1.29, 1.82) is 5.26 Å². The number of benzene rings is 2. The van der Waals surface area contributed by atoms with Crippen LogP contribution in [-0.2, 0) is 16.1 Å². The van der Waals surface area contributed by atoms with Crippen molar-refractivity contribution in [2.24, 2.45) is 0 Å². The van der Waals surface area contributed by atoms with Crippen LogP contribution in [0.5, 0.6) is 11.5 Å². The van der Waals surface area contributed by atoms with Crippen molar-refractivity contribution >= 4 is 45.9 Å². The molecule has 0 radical (unpaired) electrons. The molecule has 0 saturated carbocycles. The molecule has 0 atom stereocenters. The molecule has 35 heavy (non-hydrogen) atoms. The number of amides is 1. The van der Waals surface area contributed by atoms with Gasteiger partial charge in [-0.05, 0) is 60.9 Å². The minimum absolute atomic E-state index is 0.219. The lowest BCUT2D eigenvalue weighted by atomic mass is 10.1. The van der Waals surface area contributed by atoms with Crippen LogP contribution < -0.4 is 14.8 Å². The predicted molar refractivity (Wildman–Crippen MR) is 136 cm³/mol. The summed E-state index contributed by atoms with van der Waals surface area (Å²) in [4.78, 5) is 24.9. The summed E-state index contributed by atoms with van der Waals surface area (Å²) >= 11 is 6.92. The average molecular weight is 511 g/mol. The van der Waals surface area contributed by atoms with Gasteiger partial charge in [-0.25, -0.2) is 4.79 Å². The van der Waals surface area contributed by atoms with Crippen molar-refractivity contribution in [3.63, 3.8) is 0 Å². The second-order valence-corrected chi connectivity index (χ2v) is 8.70. The topological polar surface area (TPSA) is 97.7 Å². The van der Waals surface area contributed by atoms with E-state index in [4.69, 9.17) is 25.8 Å². The molecular formula is C26H23ClN2O5S. The van der Waals surface area contributed by atoms with Crippen molar-refractivity contribution in [3.8, 4) is 17.6 Å². The van der Waals surface area contributed by atoms with Crippen molar-refractivity contribution in [1.82, 2.24) is 0 Å². The number of hydrogen-bond acceptors (Lipinski definition) is 7. The Balaban J connectivity index is 1.69. The Morgan fingerprint density at radius 1 is 1.17 bits per heavy atom. The Bertz CT molecular complexity index is 1290. The fraction of sp³-hybridized carbons (Fsp3) is 0.192. The van der Waals surface area contributed by atoms with Crippen LogP contribution in [0, 0.1) is 18.3 Å². The highest BCUT2D eigenvalue weighted by Gasteiger charge is 2.21. The number of carbonyl (C=O) groups excluding carboxylic acids is 2. The Hall–Kier alpha value is -3.80. The van der Waals surface area contributed by atoms with Crippen LogP contribution in [0.2, 0.25) is 5.02 Å². The lowest BCUT2D eigenvalue weighted by Gasteiger charge is -2.11. The van der Waals surface area contributed by atoms with E-state index in [0.29, 0.717) is 44.1 Å². The summed E-state index contributed by atoms with van der Waals surface area (Å²) in [5.41, 5.74) is 2.40. The second-order valence-electron chi connectivity index (χ2n) is 7.24. The first-order valence-electron chi connectivity index (χ1n) is 10.6. The van der Waals surface area contributed by atoms with Gasteiger partial charge in [0.15, 0.2) is 11.5 Å². The molecule has 0 bridgehead atoms. The van der Waals surface area contributed by atoms with Crippen LogP contribution in [0.3, 0.4) is 0 Å². The molecule has 0 spiro atoms. The van der Waals surface area contributed by atoms with E-state index in [1.807, 2.05) is 18.2 Å². The smallest absolute Gasteiger partial charge is 0.348 e. The van der Waals surface area contributed by atoms with Gasteiger partial charge in [0.1, 0.15) is 22.6 Å². The van der Waals surface area contributed by atoms with Crippen LogP contribution in [-0.4, -0.2) is 25.6 Å². The Morgan fingerprint density at radius 3 is 2.57 bits per heavy atom. The van der Waals surface area contributed by atoms with E-state index in [1.54, 1.807) is 50.3 Å². The van der Waals surface area contributed by atoms with Gasteiger partial charge in [0.05, 0.1) is 19.3 Å². The summed E-state index contributed by atoms with van der Waals surface area (Å²) in [6.07, 6.45) is 2.95. The average Bonchev–Trinajstić information content (AvgIpc) is 3.17. The summed E-state index contributed by atoms with van der Waals surface area (Å²) in [5.74, 6) is 0.109. The first-order valence-corrected chi connectivity index (χ1v) is 11.8. The number of nitriles is 1. The highest BCUT2D eigenvalue weighted by molar-refractivity contribution is 7.18. The molecule has 3 rings (SSSR count). The number of thiophene rings is 1. The van der Waals surface area contributed by atoms with Crippen LogP contribution in [0.1, 0.15) is 38.8 Å². The maximum Gasteiger partial charge on any atom is 0.348 e. The van der Waals surface area contributed by atoms with E-state index in [2.05, 4.69) is 5.32 Å². The minimum Gasteiger partial charge on any atom is -0.493 e. The molecule has 0 saturated heterocycles. The third-order valence-corrected chi connectivity index (χ3v) is 6.32. The number of ether oxygens (including phenoxy) is 3. The SMILES string of the molecule is CCOC(=O)c1sc(NC(=O)C=Cc2ccc(OCc3ccc(Cl)cc3)c(OC)c2)c(C#N)c1C. The fourth-order valence-electron chi connectivity index (χ4n) is 3.10. The molecule has 0 aliphatic carbocycles. The molecule has 180 valence electrons. The summed E-state index contributed by atoms with van der Waals surface area (Å²) in [7, 11) is 1.54. The first kappa shape index (κ1) is 25.8.